The van der Waals surface area contributed by atoms with Crippen LogP contribution in [0.25, 0.3) is 11.1 Å². The number of amides is 2. The minimum Gasteiger partial charge on any atom is -0.351 e. The van der Waals surface area contributed by atoms with E-state index in [1.54, 1.807) is 29.3 Å². The summed E-state index contributed by atoms with van der Waals surface area (Å²) in [7, 11) is 1.88. The maximum absolute atomic E-state index is 13.2. The van der Waals surface area contributed by atoms with Crippen molar-refractivity contribution in [2.45, 2.75) is 44.3 Å². The highest BCUT2D eigenvalue weighted by Crippen LogP contribution is 2.33. The molecule has 2 atom stereocenters. The average Bonchev–Trinajstić information content (AvgIpc) is 3.43. The molecule has 34 heavy (non-hydrogen) atoms. The monoisotopic (exact) mass is 457 g/mol. The first-order chi connectivity index (χ1) is 16.5. The standard InChI is InChI=1S/C25H27N7O2/c1-3-23(33)29-20-8-7-16-15-32(24(34)22(16)10-20)21-6-4-5-19(9-21)30-25-26-11-17(12-27-25)18-13-28-31(2)14-18/h3,7-8,10-14,19,21H,1,4-6,9,15H2,2H3,(H,29,33)(H,26,27,30)/t19-,21+/m1/s1. The van der Waals surface area contributed by atoms with E-state index in [0.29, 0.717) is 23.7 Å². The molecule has 2 aromatic heterocycles. The van der Waals surface area contributed by atoms with Crippen LogP contribution in [-0.2, 0) is 18.4 Å². The van der Waals surface area contributed by atoms with Crippen LogP contribution in [0.15, 0.2) is 55.6 Å². The first-order valence-corrected chi connectivity index (χ1v) is 11.4. The van der Waals surface area contributed by atoms with Crippen molar-refractivity contribution in [2.75, 3.05) is 10.6 Å². The third-order valence-electron chi connectivity index (χ3n) is 6.51. The molecular formula is C25H27N7O2. The number of fused-ring (bicyclic) bond motifs is 1. The van der Waals surface area contributed by atoms with Gasteiger partial charge in [0, 0.05) is 66.6 Å². The van der Waals surface area contributed by atoms with Crippen molar-refractivity contribution < 1.29 is 9.59 Å². The van der Waals surface area contributed by atoms with Gasteiger partial charge in [0.05, 0.1) is 6.20 Å². The number of hydrogen-bond donors (Lipinski definition) is 2. The van der Waals surface area contributed by atoms with Crippen molar-refractivity contribution in [3.8, 4) is 11.1 Å². The third-order valence-corrected chi connectivity index (χ3v) is 6.51. The van der Waals surface area contributed by atoms with Gasteiger partial charge in [-0.15, -0.1) is 0 Å². The molecule has 1 aliphatic carbocycles. The van der Waals surface area contributed by atoms with E-state index in [9.17, 15) is 9.59 Å². The van der Waals surface area contributed by atoms with Gasteiger partial charge in [-0.1, -0.05) is 12.6 Å². The van der Waals surface area contributed by atoms with Gasteiger partial charge in [-0.25, -0.2) is 9.97 Å². The van der Waals surface area contributed by atoms with Crippen molar-refractivity contribution in [2.24, 2.45) is 7.05 Å². The van der Waals surface area contributed by atoms with E-state index in [-0.39, 0.29) is 23.9 Å². The van der Waals surface area contributed by atoms with Crippen molar-refractivity contribution >= 4 is 23.5 Å². The maximum atomic E-state index is 13.2. The highest BCUT2D eigenvalue weighted by Gasteiger charge is 2.35. The van der Waals surface area contributed by atoms with Crippen LogP contribution in [0, 0.1) is 0 Å². The van der Waals surface area contributed by atoms with Gasteiger partial charge in [-0.3, -0.25) is 14.3 Å². The molecule has 0 saturated heterocycles. The number of hydrogen-bond acceptors (Lipinski definition) is 6. The summed E-state index contributed by atoms with van der Waals surface area (Å²) in [6.07, 6.45) is 12.4. The molecule has 0 spiro atoms. The molecule has 2 amide bonds. The number of carbonyl (C=O) groups is 2. The Morgan fingerprint density at radius 1 is 1.18 bits per heavy atom. The second kappa shape index (κ2) is 9.09. The number of rotatable bonds is 6. The summed E-state index contributed by atoms with van der Waals surface area (Å²) in [6, 6.07) is 5.85. The highest BCUT2D eigenvalue weighted by atomic mass is 16.2. The summed E-state index contributed by atoms with van der Waals surface area (Å²) in [6.45, 7) is 4.06. The van der Waals surface area contributed by atoms with Crippen LogP contribution in [0.1, 0.15) is 41.6 Å². The fourth-order valence-corrected chi connectivity index (χ4v) is 4.77. The number of nitrogens with one attached hydrogen (secondary N) is 2. The molecule has 0 bridgehead atoms. The lowest BCUT2D eigenvalue weighted by atomic mass is 9.90. The smallest absolute Gasteiger partial charge is 0.254 e. The first kappa shape index (κ1) is 21.8. The van der Waals surface area contributed by atoms with Crippen molar-refractivity contribution in [3.63, 3.8) is 0 Å². The SMILES string of the molecule is C=CC(=O)Nc1ccc2c(c1)C(=O)N([C@H]1CCC[C@@H](Nc3ncc(-c4cnn(C)c4)cn3)C1)C2. The van der Waals surface area contributed by atoms with E-state index in [0.717, 1.165) is 42.4 Å². The van der Waals surface area contributed by atoms with Gasteiger partial charge in [-0.2, -0.15) is 5.10 Å². The Morgan fingerprint density at radius 2 is 2.00 bits per heavy atom. The van der Waals surface area contributed by atoms with E-state index < -0.39 is 0 Å². The minimum atomic E-state index is -0.292. The second-order valence-electron chi connectivity index (χ2n) is 8.86. The van der Waals surface area contributed by atoms with Crippen LogP contribution in [0.2, 0.25) is 0 Å². The van der Waals surface area contributed by atoms with Crippen LogP contribution in [0.5, 0.6) is 0 Å². The van der Waals surface area contributed by atoms with E-state index in [1.807, 2.05) is 30.3 Å². The fourth-order valence-electron chi connectivity index (χ4n) is 4.77. The number of aryl methyl sites for hydroxylation is 1. The van der Waals surface area contributed by atoms with Gasteiger partial charge in [-0.05, 0) is 49.5 Å². The molecule has 1 saturated carbocycles. The van der Waals surface area contributed by atoms with Gasteiger partial charge >= 0.3 is 0 Å². The number of carbonyl (C=O) groups excluding carboxylic acids is 2. The van der Waals surface area contributed by atoms with Gasteiger partial charge in [0.25, 0.3) is 5.91 Å². The second-order valence-corrected chi connectivity index (χ2v) is 8.86. The Morgan fingerprint density at radius 3 is 2.74 bits per heavy atom. The number of anilines is 2. The predicted octanol–water partition coefficient (Wildman–Crippen LogP) is 3.38. The van der Waals surface area contributed by atoms with Crippen LogP contribution in [0.4, 0.5) is 11.6 Å². The molecule has 1 aliphatic heterocycles. The fraction of sp³-hybridized carbons (Fsp3) is 0.320. The molecule has 9 nitrogen and oxygen atoms in total. The number of benzene rings is 1. The Balaban J connectivity index is 1.23. The molecule has 3 aromatic rings. The molecule has 9 heteroatoms. The van der Waals surface area contributed by atoms with E-state index >= 15 is 0 Å². The summed E-state index contributed by atoms with van der Waals surface area (Å²) >= 11 is 0. The van der Waals surface area contributed by atoms with Crippen LogP contribution < -0.4 is 10.6 Å². The van der Waals surface area contributed by atoms with Gasteiger partial charge in [0.15, 0.2) is 0 Å². The van der Waals surface area contributed by atoms with E-state index in [1.165, 1.54) is 6.08 Å². The molecule has 1 aromatic carbocycles. The molecule has 0 unspecified atom stereocenters. The Kier molecular flexibility index (Phi) is 5.83. The van der Waals surface area contributed by atoms with Gasteiger partial charge in [0.1, 0.15) is 0 Å². The van der Waals surface area contributed by atoms with Crippen LogP contribution in [0.3, 0.4) is 0 Å². The lowest BCUT2D eigenvalue weighted by Gasteiger charge is -2.35. The van der Waals surface area contributed by atoms with E-state index in [2.05, 4.69) is 32.3 Å². The zero-order valence-corrected chi connectivity index (χ0v) is 19.1. The van der Waals surface area contributed by atoms with Crippen molar-refractivity contribution in [3.05, 3.63) is 66.8 Å². The minimum absolute atomic E-state index is 0.0208. The molecule has 1 fully saturated rings. The number of aromatic nitrogens is 4. The molecule has 5 rings (SSSR count). The summed E-state index contributed by atoms with van der Waals surface area (Å²) in [5, 5.41) is 10.4. The molecular weight excluding hydrogens is 430 g/mol. The summed E-state index contributed by atoms with van der Waals surface area (Å²) in [5.41, 5.74) is 4.15. The third kappa shape index (κ3) is 4.41. The van der Waals surface area contributed by atoms with Gasteiger partial charge < -0.3 is 15.5 Å². The molecule has 0 radical (unpaired) electrons. The molecule has 174 valence electrons. The average molecular weight is 458 g/mol. The van der Waals surface area contributed by atoms with Crippen molar-refractivity contribution in [1.82, 2.24) is 24.6 Å². The number of nitrogens with zero attached hydrogens (tertiary/aromatic N) is 5. The quantitative estimate of drug-likeness (QED) is 0.550. The maximum Gasteiger partial charge on any atom is 0.254 e. The van der Waals surface area contributed by atoms with Crippen LogP contribution in [-0.4, -0.2) is 48.5 Å². The molecule has 3 heterocycles. The normalized spacial score (nSPS) is 19.6. The summed E-state index contributed by atoms with van der Waals surface area (Å²) < 4.78 is 1.75. The zero-order valence-electron chi connectivity index (χ0n) is 19.1. The molecule has 2 aliphatic rings. The Bertz CT molecular complexity index is 1230. The van der Waals surface area contributed by atoms with E-state index in [4.69, 9.17) is 0 Å². The Labute approximate surface area is 197 Å². The molecule has 2 N–H and O–H groups in total. The van der Waals surface area contributed by atoms with Gasteiger partial charge in [0.2, 0.25) is 11.9 Å². The first-order valence-electron chi connectivity index (χ1n) is 11.4. The highest BCUT2D eigenvalue weighted by molar-refractivity contribution is 6.02. The van der Waals surface area contributed by atoms with Crippen LogP contribution >= 0.6 is 0 Å². The zero-order chi connectivity index (χ0) is 23.7. The largest absolute Gasteiger partial charge is 0.351 e. The topological polar surface area (TPSA) is 105 Å². The lowest BCUT2D eigenvalue weighted by Crippen LogP contribution is -2.42. The van der Waals surface area contributed by atoms with Crippen molar-refractivity contribution in [1.29, 1.82) is 0 Å². The predicted molar refractivity (Wildman–Crippen MR) is 129 cm³/mol. The Hall–Kier alpha value is -4.01. The summed E-state index contributed by atoms with van der Waals surface area (Å²) in [5.74, 6) is 0.323. The lowest BCUT2D eigenvalue weighted by molar-refractivity contribution is -0.111. The summed E-state index contributed by atoms with van der Waals surface area (Å²) in [4.78, 5) is 35.7.